The molecule has 27 heavy (non-hydrogen) atoms. The maximum Gasteiger partial charge on any atom is 0.428 e. The number of hydrogen-bond acceptors (Lipinski definition) is 6. The summed E-state index contributed by atoms with van der Waals surface area (Å²) in [4.78, 5) is 35.8. The van der Waals surface area contributed by atoms with Gasteiger partial charge in [-0.15, -0.1) is 0 Å². The molecule has 1 heterocycles. The summed E-state index contributed by atoms with van der Waals surface area (Å²) in [6, 6.07) is 0. The molecule has 3 rings (SSSR count). The molecule has 0 aromatic carbocycles. The number of fused-ring (bicyclic) bond motifs is 1. The molecule has 2 saturated carbocycles. The summed E-state index contributed by atoms with van der Waals surface area (Å²) < 4.78 is 78.6. The molecule has 2 aliphatic carbocycles. The van der Waals surface area contributed by atoms with Gasteiger partial charge in [0.2, 0.25) is 0 Å². The number of hydrogen-bond donors (Lipinski definition) is 0. The van der Waals surface area contributed by atoms with E-state index in [1.807, 2.05) is 0 Å². The van der Waals surface area contributed by atoms with Gasteiger partial charge in [-0.2, -0.15) is 13.2 Å². The molecule has 0 radical (unpaired) electrons. The fraction of sp³-hybridized carbons (Fsp3) is 0.688. The Morgan fingerprint density at radius 3 is 2.48 bits per heavy atom. The average Bonchev–Trinajstić information content (AvgIpc) is 3.21. The second kappa shape index (κ2) is 6.45. The van der Waals surface area contributed by atoms with Crippen LogP contribution < -0.4 is 0 Å². The van der Waals surface area contributed by atoms with Gasteiger partial charge in [0.1, 0.15) is 25.5 Å². The number of rotatable bonds is 6. The SMILES string of the molecule is C=CC(=O)OC1C2CC3C1OC(=O)C3C2C(=O)OCC(F)(CF)C(F)(F)F. The lowest BCUT2D eigenvalue weighted by Crippen LogP contribution is -2.49. The predicted octanol–water partition coefficient (Wildman–Crippen LogP) is 1.67. The van der Waals surface area contributed by atoms with Crippen molar-refractivity contribution in [1.82, 2.24) is 0 Å². The maximum atomic E-state index is 13.7. The highest BCUT2D eigenvalue weighted by molar-refractivity contribution is 5.87. The van der Waals surface area contributed by atoms with E-state index in [-0.39, 0.29) is 6.42 Å². The van der Waals surface area contributed by atoms with E-state index in [2.05, 4.69) is 11.3 Å². The van der Waals surface area contributed by atoms with Gasteiger partial charge in [0.25, 0.3) is 5.67 Å². The lowest BCUT2D eigenvalue weighted by Gasteiger charge is -2.31. The lowest BCUT2D eigenvalue weighted by atomic mass is 9.78. The van der Waals surface area contributed by atoms with Crippen LogP contribution in [0, 0.1) is 23.7 Å². The van der Waals surface area contributed by atoms with Gasteiger partial charge in [-0.05, 0) is 6.42 Å². The Balaban J connectivity index is 1.76. The molecule has 7 atom stereocenters. The standard InChI is InChI=1S/C16H15F5O6/c1-2-8(22)26-11-6-3-7-10(14(24)27-12(7)11)9(6)13(23)25-5-15(18,4-17)16(19,20)21/h2,6-7,9-12H,1,3-5H2. The van der Waals surface area contributed by atoms with Crippen molar-refractivity contribution in [3.8, 4) is 0 Å². The molecule has 150 valence electrons. The van der Waals surface area contributed by atoms with Gasteiger partial charge in [-0.25, -0.2) is 13.6 Å². The zero-order chi connectivity index (χ0) is 20.1. The van der Waals surface area contributed by atoms with Crippen molar-refractivity contribution in [1.29, 1.82) is 0 Å². The van der Waals surface area contributed by atoms with E-state index < -0.39 is 78.9 Å². The Labute approximate surface area is 149 Å². The summed E-state index contributed by atoms with van der Waals surface area (Å²) in [5, 5.41) is 0. The first kappa shape index (κ1) is 19.6. The van der Waals surface area contributed by atoms with Crippen LogP contribution in [0.5, 0.6) is 0 Å². The number of esters is 3. The molecule has 0 aromatic rings. The van der Waals surface area contributed by atoms with Crippen molar-refractivity contribution in [2.45, 2.75) is 30.5 Å². The minimum absolute atomic E-state index is 0.249. The Kier molecular flexibility index (Phi) is 4.67. The molecule has 0 amide bonds. The molecular weight excluding hydrogens is 383 g/mol. The maximum absolute atomic E-state index is 13.7. The number of carbonyl (C=O) groups excluding carboxylic acids is 3. The second-order valence-electron chi connectivity index (χ2n) is 6.83. The monoisotopic (exact) mass is 398 g/mol. The minimum Gasteiger partial charge on any atom is -0.462 e. The lowest BCUT2D eigenvalue weighted by molar-refractivity contribution is -0.249. The van der Waals surface area contributed by atoms with Crippen molar-refractivity contribution < 1.29 is 50.5 Å². The Morgan fingerprint density at radius 1 is 1.26 bits per heavy atom. The summed E-state index contributed by atoms with van der Waals surface area (Å²) >= 11 is 0. The van der Waals surface area contributed by atoms with Gasteiger partial charge in [0, 0.05) is 17.9 Å². The molecule has 0 aromatic heterocycles. The van der Waals surface area contributed by atoms with E-state index in [0.717, 1.165) is 6.08 Å². The van der Waals surface area contributed by atoms with Crippen LogP contribution in [0.15, 0.2) is 12.7 Å². The smallest absolute Gasteiger partial charge is 0.428 e. The molecule has 0 spiro atoms. The van der Waals surface area contributed by atoms with Gasteiger partial charge in [-0.3, -0.25) is 9.59 Å². The van der Waals surface area contributed by atoms with Crippen LogP contribution in [0.2, 0.25) is 0 Å². The van der Waals surface area contributed by atoms with Crippen molar-refractivity contribution in [2.24, 2.45) is 23.7 Å². The molecule has 6 nitrogen and oxygen atoms in total. The molecular formula is C16H15F5O6. The zero-order valence-electron chi connectivity index (χ0n) is 13.7. The normalized spacial score (nSPS) is 36.1. The summed E-state index contributed by atoms with van der Waals surface area (Å²) in [5.41, 5.74) is -4.34. The molecule has 1 saturated heterocycles. The van der Waals surface area contributed by atoms with Crippen molar-refractivity contribution >= 4 is 17.9 Å². The zero-order valence-corrected chi connectivity index (χ0v) is 13.7. The first-order valence-corrected chi connectivity index (χ1v) is 8.06. The third-order valence-electron chi connectivity index (χ3n) is 5.40. The van der Waals surface area contributed by atoms with Crippen LogP contribution in [0.4, 0.5) is 22.0 Å². The van der Waals surface area contributed by atoms with Gasteiger partial charge >= 0.3 is 24.1 Å². The van der Waals surface area contributed by atoms with Crippen LogP contribution in [-0.4, -0.2) is 55.2 Å². The van der Waals surface area contributed by atoms with E-state index >= 15 is 0 Å². The van der Waals surface area contributed by atoms with Crippen LogP contribution in [0.25, 0.3) is 0 Å². The van der Waals surface area contributed by atoms with Gasteiger partial charge in [-0.1, -0.05) is 6.58 Å². The third-order valence-corrected chi connectivity index (χ3v) is 5.40. The summed E-state index contributed by atoms with van der Waals surface area (Å²) in [6.07, 6.45) is -6.20. The minimum atomic E-state index is -5.57. The van der Waals surface area contributed by atoms with E-state index in [9.17, 15) is 36.3 Å². The number of carbonyl (C=O) groups is 3. The van der Waals surface area contributed by atoms with E-state index in [4.69, 9.17) is 9.47 Å². The number of halogens is 5. The highest BCUT2D eigenvalue weighted by atomic mass is 19.4. The van der Waals surface area contributed by atoms with Gasteiger partial charge in [0.15, 0.2) is 0 Å². The fourth-order valence-electron chi connectivity index (χ4n) is 4.13. The van der Waals surface area contributed by atoms with Crippen molar-refractivity contribution in [3.05, 3.63) is 12.7 Å². The van der Waals surface area contributed by atoms with E-state index in [0.29, 0.717) is 0 Å². The molecule has 2 bridgehead atoms. The van der Waals surface area contributed by atoms with Gasteiger partial charge < -0.3 is 14.2 Å². The molecule has 3 fully saturated rings. The summed E-state index contributed by atoms with van der Waals surface area (Å²) in [5.74, 6) is -6.32. The first-order valence-electron chi connectivity index (χ1n) is 8.06. The number of ether oxygens (including phenoxy) is 3. The van der Waals surface area contributed by atoms with Crippen LogP contribution in [-0.2, 0) is 28.6 Å². The van der Waals surface area contributed by atoms with Crippen molar-refractivity contribution in [2.75, 3.05) is 13.3 Å². The van der Waals surface area contributed by atoms with Crippen LogP contribution in [0.3, 0.4) is 0 Å². The molecule has 3 aliphatic rings. The van der Waals surface area contributed by atoms with Crippen LogP contribution >= 0.6 is 0 Å². The molecule has 1 aliphatic heterocycles. The van der Waals surface area contributed by atoms with Gasteiger partial charge in [0.05, 0.1) is 11.8 Å². The Hall–Kier alpha value is -2.20. The highest BCUT2D eigenvalue weighted by Crippen LogP contribution is 2.59. The molecule has 11 heteroatoms. The summed E-state index contributed by atoms with van der Waals surface area (Å²) in [7, 11) is 0. The van der Waals surface area contributed by atoms with Crippen LogP contribution in [0.1, 0.15) is 6.42 Å². The molecule has 0 N–H and O–H groups in total. The third kappa shape index (κ3) is 2.96. The van der Waals surface area contributed by atoms with Crippen molar-refractivity contribution in [3.63, 3.8) is 0 Å². The molecule has 7 unspecified atom stereocenters. The summed E-state index contributed by atoms with van der Waals surface area (Å²) in [6.45, 7) is -1.07. The van der Waals surface area contributed by atoms with E-state index in [1.165, 1.54) is 0 Å². The fourth-order valence-corrected chi connectivity index (χ4v) is 4.13. The Bertz CT molecular complexity index is 679. The van der Waals surface area contributed by atoms with E-state index in [1.54, 1.807) is 0 Å². The largest absolute Gasteiger partial charge is 0.462 e. The first-order chi connectivity index (χ1) is 12.5. The highest BCUT2D eigenvalue weighted by Gasteiger charge is 2.70. The quantitative estimate of drug-likeness (QED) is 0.293. The Morgan fingerprint density at radius 2 is 1.93 bits per heavy atom. The second-order valence-corrected chi connectivity index (χ2v) is 6.83. The number of alkyl halides is 5. The average molecular weight is 398 g/mol. The predicted molar refractivity (Wildman–Crippen MR) is 75.4 cm³/mol. The topological polar surface area (TPSA) is 78.9 Å².